The molecular formula is C20H30N2O3S. The van der Waals surface area contributed by atoms with Crippen LogP contribution in [0, 0.1) is 12.8 Å². The first-order valence-corrected chi connectivity index (χ1v) is 10.9. The van der Waals surface area contributed by atoms with Gasteiger partial charge in [0, 0.05) is 26.2 Å². The van der Waals surface area contributed by atoms with Crippen molar-refractivity contribution in [3.8, 4) is 0 Å². The Hall–Kier alpha value is -1.24. The van der Waals surface area contributed by atoms with E-state index in [-0.39, 0.29) is 11.9 Å². The summed E-state index contributed by atoms with van der Waals surface area (Å²) < 4.78 is 24.9. The molecule has 5 nitrogen and oxygen atoms in total. The predicted molar refractivity (Wildman–Crippen MR) is 103 cm³/mol. The maximum absolute atomic E-state index is 13.1. The quantitative estimate of drug-likeness (QED) is 0.755. The summed E-state index contributed by atoms with van der Waals surface area (Å²) in [7, 11) is -3.52. The number of hydrogen-bond donors (Lipinski definition) is 0. The van der Waals surface area contributed by atoms with E-state index in [1.165, 1.54) is 11.1 Å². The molecule has 2 aliphatic heterocycles. The summed E-state index contributed by atoms with van der Waals surface area (Å²) >= 11 is 0. The van der Waals surface area contributed by atoms with Gasteiger partial charge in [0.25, 0.3) is 5.91 Å². The zero-order valence-corrected chi connectivity index (χ0v) is 17.2. The smallest absolute Gasteiger partial charge is 0.278 e. The van der Waals surface area contributed by atoms with Crippen molar-refractivity contribution in [2.75, 3.05) is 19.6 Å². The molecule has 2 heterocycles. The number of benzene rings is 1. The third-order valence-electron chi connectivity index (χ3n) is 5.65. The van der Waals surface area contributed by atoms with Crippen LogP contribution in [0.5, 0.6) is 0 Å². The molecule has 3 rings (SSSR count). The van der Waals surface area contributed by atoms with Gasteiger partial charge >= 0.3 is 0 Å². The number of aryl methyl sites for hydroxylation is 1. The molecule has 2 fully saturated rings. The average Bonchev–Trinajstić information content (AvgIpc) is 2.95. The molecule has 6 heteroatoms. The van der Waals surface area contributed by atoms with Gasteiger partial charge in [-0.1, -0.05) is 43.7 Å². The summed E-state index contributed by atoms with van der Waals surface area (Å²) in [5.41, 5.74) is 2.38. The molecule has 0 spiro atoms. The van der Waals surface area contributed by atoms with Gasteiger partial charge in [-0.3, -0.25) is 9.69 Å². The maximum Gasteiger partial charge on any atom is 0.278 e. The molecule has 144 valence electrons. The number of carbonyl (C=O) groups is 1. The molecule has 0 N–H and O–H groups in total. The lowest BCUT2D eigenvalue weighted by Crippen LogP contribution is -2.68. The highest BCUT2D eigenvalue weighted by atomic mass is 32.3. The van der Waals surface area contributed by atoms with Crippen LogP contribution in [0.15, 0.2) is 24.3 Å². The summed E-state index contributed by atoms with van der Waals surface area (Å²) in [6, 6.07) is 8.06. The van der Waals surface area contributed by atoms with E-state index in [2.05, 4.69) is 43.9 Å². The number of hydrogen-bond acceptors (Lipinski definition) is 4. The van der Waals surface area contributed by atoms with Crippen molar-refractivity contribution in [1.29, 1.82) is 0 Å². The van der Waals surface area contributed by atoms with Crippen molar-refractivity contribution in [2.45, 2.75) is 57.2 Å². The molecule has 3 atom stereocenters. The summed E-state index contributed by atoms with van der Waals surface area (Å²) in [4.78, 5) is 17.0. The van der Waals surface area contributed by atoms with Crippen LogP contribution < -0.4 is 0 Å². The molecule has 1 aromatic carbocycles. The summed E-state index contributed by atoms with van der Waals surface area (Å²) in [5, 5.41) is -0.501. The molecule has 26 heavy (non-hydrogen) atoms. The molecule has 0 aromatic heterocycles. The van der Waals surface area contributed by atoms with Crippen LogP contribution in [-0.4, -0.2) is 55.9 Å². The van der Waals surface area contributed by atoms with Crippen LogP contribution in [-0.2, 0) is 25.8 Å². The van der Waals surface area contributed by atoms with Crippen LogP contribution in [0.4, 0.5) is 0 Å². The van der Waals surface area contributed by atoms with Crippen LogP contribution in [0.1, 0.15) is 38.8 Å². The van der Waals surface area contributed by atoms with Crippen molar-refractivity contribution in [1.82, 2.24) is 9.80 Å². The lowest BCUT2D eigenvalue weighted by Gasteiger charge is -2.47. The number of amides is 1. The van der Waals surface area contributed by atoms with Crippen LogP contribution in [0.2, 0.25) is 0 Å². The molecule has 1 aromatic rings. The molecule has 1 amide bonds. The van der Waals surface area contributed by atoms with E-state index in [0.717, 1.165) is 0 Å². The number of nitrogens with zero attached hydrogens (tertiary/aromatic N) is 2. The van der Waals surface area contributed by atoms with Gasteiger partial charge in [0.1, 0.15) is 0 Å². The Morgan fingerprint density at radius 2 is 2.00 bits per heavy atom. The van der Waals surface area contributed by atoms with Crippen LogP contribution >= 0.6 is 0 Å². The van der Waals surface area contributed by atoms with Gasteiger partial charge in [0.15, 0.2) is 5.25 Å². The topological polar surface area (TPSA) is 63.7 Å². The normalized spacial score (nSPS) is 31.5. The van der Waals surface area contributed by atoms with Gasteiger partial charge < -0.3 is 9.45 Å². The second-order valence-electron chi connectivity index (χ2n) is 8.70. The minimum absolute atomic E-state index is 0.243. The first kappa shape index (κ1) is 19.5. The Kier molecular flexibility index (Phi) is 5.05. The third-order valence-corrected chi connectivity index (χ3v) is 8.51. The van der Waals surface area contributed by atoms with E-state index in [9.17, 15) is 13.6 Å². The predicted octanol–water partition coefficient (Wildman–Crippen LogP) is 2.45. The average molecular weight is 379 g/mol. The van der Waals surface area contributed by atoms with Crippen molar-refractivity contribution in [3.63, 3.8) is 0 Å². The fourth-order valence-electron chi connectivity index (χ4n) is 4.24. The van der Waals surface area contributed by atoms with Crippen molar-refractivity contribution >= 4 is 16.1 Å². The van der Waals surface area contributed by atoms with Gasteiger partial charge in [-0.25, -0.2) is 0 Å². The lowest BCUT2D eigenvalue weighted by molar-refractivity contribution is -0.137. The lowest BCUT2D eigenvalue weighted by atomic mass is 10.1. The molecule has 0 bridgehead atoms. The van der Waals surface area contributed by atoms with Gasteiger partial charge in [-0.05, 0) is 32.3 Å². The van der Waals surface area contributed by atoms with E-state index in [0.29, 0.717) is 32.1 Å². The first-order chi connectivity index (χ1) is 12.0. The van der Waals surface area contributed by atoms with Gasteiger partial charge in [-0.2, -0.15) is 0 Å². The highest BCUT2D eigenvalue weighted by Crippen LogP contribution is 2.41. The standard InChI is InChI=1S/C20H30N2O3S/c1-14(2)10-22-17-12-21(11-16-8-6-7-15(3)9-16)13-18(17)26(24,25)20(4,5)19(22)23/h6-9,14,17-18H,10-13H2,1-5H3/t17-,18+/m0/s1. The Bertz CT molecular complexity index is 746. The molecule has 1 unspecified atom stereocenters. The van der Waals surface area contributed by atoms with Crippen LogP contribution in [0.25, 0.3) is 0 Å². The summed E-state index contributed by atoms with van der Waals surface area (Å²) in [5.74, 6) is 0.0619. The fraction of sp³-hybridized carbons (Fsp3) is 0.650. The highest BCUT2D eigenvalue weighted by molar-refractivity contribution is 8.00. The Morgan fingerprint density at radius 3 is 2.62 bits per heavy atom. The minimum Gasteiger partial charge on any atom is -0.614 e. The van der Waals surface area contributed by atoms with E-state index >= 15 is 0 Å². The van der Waals surface area contributed by atoms with Gasteiger partial charge in [0.2, 0.25) is 4.75 Å². The minimum atomic E-state index is -3.52. The van der Waals surface area contributed by atoms with E-state index < -0.39 is 20.2 Å². The number of carbonyl (C=O) groups excluding carboxylic acids is 1. The van der Waals surface area contributed by atoms with E-state index in [1.807, 2.05) is 11.0 Å². The zero-order valence-electron chi connectivity index (χ0n) is 16.4. The highest BCUT2D eigenvalue weighted by Gasteiger charge is 2.63. The zero-order chi connectivity index (χ0) is 19.3. The SMILES string of the molecule is Cc1cccc(CN2C[C@@H]3[C@H](C2)N(CC(C)C)C(=O)C(C)(C)[S+]3(=O)[O-])c1. The Labute approximate surface area is 158 Å². The van der Waals surface area contributed by atoms with Crippen LogP contribution in [0.3, 0.4) is 0 Å². The Balaban J connectivity index is 1.88. The largest absolute Gasteiger partial charge is 0.614 e. The number of sulfone groups is 1. The Morgan fingerprint density at radius 1 is 1.31 bits per heavy atom. The number of likely N-dealkylation sites (tertiary alicyclic amines) is 1. The molecule has 0 aliphatic carbocycles. The van der Waals surface area contributed by atoms with Gasteiger partial charge in [0.05, 0.1) is 16.3 Å². The number of fused-ring (bicyclic) bond motifs is 1. The second-order valence-corrected chi connectivity index (χ2v) is 11.4. The summed E-state index contributed by atoms with van der Waals surface area (Å²) in [6.07, 6.45) is 0. The van der Waals surface area contributed by atoms with Crippen molar-refractivity contribution in [3.05, 3.63) is 35.4 Å². The monoisotopic (exact) mass is 378 g/mol. The maximum atomic E-state index is 13.1. The molecule has 0 saturated carbocycles. The molecule has 0 radical (unpaired) electrons. The molecule has 2 saturated heterocycles. The van der Waals surface area contributed by atoms with Gasteiger partial charge in [-0.15, -0.1) is 4.21 Å². The van der Waals surface area contributed by atoms with E-state index in [1.54, 1.807) is 13.8 Å². The second kappa shape index (κ2) is 6.73. The summed E-state index contributed by atoms with van der Waals surface area (Å²) in [6.45, 7) is 11.8. The van der Waals surface area contributed by atoms with Crippen molar-refractivity contribution < 1.29 is 13.6 Å². The van der Waals surface area contributed by atoms with Crippen molar-refractivity contribution in [2.24, 2.45) is 5.92 Å². The fourth-order valence-corrected chi connectivity index (χ4v) is 6.41. The van der Waals surface area contributed by atoms with E-state index in [4.69, 9.17) is 0 Å². The molecule has 2 aliphatic rings. The first-order valence-electron chi connectivity index (χ1n) is 9.36. The third kappa shape index (κ3) is 3.23. The molecular weight excluding hydrogens is 348 g/mol. The number of rotatable bonds is 4.